The fourth-order valence-corrected chi connectivity index (χ4v) is 5.34. The molecule has 2 aliphatic heterocycles. The van der Waals surface area contributed by atoms with E-state index in [2.05, 4.69) is 21.0 Å². The number of halogens is 1. The molecule has 7 nitrogen and oxygen atoms in total. The van der Waals surface area contributed by atoms with Crippen LogP contribution in [0.15, 0.2) is 28.7 Å². The Bertz CT molecular complexity index is 993. The molecule has 0 aliphatic carbocycles. The third-order valence-electron chi connectivity index (χ3n) is 6.81. The smallest absolute Gasteiger partial charge is 0.273 e. The summed E-state index contributed by atoms with van der Waals surface area (Å²) in [5.74, 6) is 0.896. The van der Waals surface area contributed by atoms with Crippen LogP contribution in [-0.2, 0) is 6.54 Å². The van der Waals surface area contributed by atoms with Crippen LogP contribution < -0.4 is 4.74 Å². The molecule has 0 radical (unpaired) electrons. The second-order valence-corrected chi connectivity index (χ2v) is 9.58. The highest BCUT2D eigenvalue weighted by Crippen LogP contribution is 2.41. The van der Waals surface area contributed by atoms with Crippen molar-refractivity contribution < 1.29 is 14.3 Å². The number of hydrogen-bond acceptors (Lipinski definition) is 4. The average molecular weight is 503 g/mol. The van der Waals surface area contributed by atoms with Crippen LogP contribution in [0.5, 0.6) is 5.75 Å². The Morgan fingerprint density at radius 3 is 2.25 bits per heavy atom. The summed E-state index contributed by atoms with van der Waals surface area (Å²) in [5.41, 5.74) is 2.28. The number of rotatable bonds is 5. The minimum atomic E-state index is 0.0455. The number of piperidine rings is 1. The van der Waals surface area contributed by atoms with Crippen molar-refractivity contribution in [1.29, 1.82) is 0 Å². The molecule has 1 spiro atoms. The third kappa shape index (κ3) is 4.29. The van der Waals surface area contributed by atoms with E-state index in [4.69, 9.17) is 4.74 Å². The van der Waals surface area contributed by atoms with Gasteiger partial charge in [0.25, 0.3) is 11.8 Å². The Morgan fingerprint density at radius 1 is 1.03 bits per heavy atom. The molecule has 0 saturated carbocycles. The molecule has 172 valence electrons. The van der Waals surface area contributed by atoms with Crippen LogP contribution in [0.3, 0.4) is 0 Å². The highest BCUT2D eigenvalue weighted by Gasteiger charge is 2.43. The first-order valence-corrected chi connectivity index (χ1v) is 12.2. The van der Waals surface area contributed by atoms with Gasteiger partial charge in [-0.05, 0) is 85.6 Å². The molecule has 0 unspecified atom stereocenters. The Labute approximate surface area is 197 Å². The third-order valence-corrected chi connectivity index (χ3v) is 7.76. The molecule has 1 aromatic carbocycles. The first-order chi connectivity index (χ1) is 15.4. The van der Waals surface area contributed by atoms with Gasteiger partial charge in [-0.25, -0.2) is 0 Å². The lowest BCUT2D eigenvalue weighted by molar-refractivity contribution is 0.0563. The predicted octanol–water partition coefficient (Wildman–Crippen LogP) is 4.14. The average Bonchev–Trinajstić information content (AvgIpc) is 3.35. The highest BCUT2D eigenvalue weighted by molar-refractivity contribution is 9.10. The van der Waals surface area contributed by atoms with E-state index in [1.165, 1.54) is 0 Å². The molecule has 2 saturated heterocycles. The largest absolute Gasteiger partial charge is 0.494 e. The lowest BCUT2D eigenvalue weighted by atomic mass is 9.77. The van der Waals surface area contributed by atoms with Gasteiger partial charge < -0.3 is 14.5 Å². The van der Waals surface area contributed by atoms with E-state index in [-0.39, 0.29) is 17.2 Å². The van der Waals surface area contributed by atoms with Crippen LogP contribution in [-0.4, -0.2) is 64.2 Å². The van der Waals surface area contributed by atoms with Crippen LogP contribution in [0.4, 0.5) is 0 Å². The summed E-state index contributed by atoms with van der Waals surface area (Å²) in [6, 6.07) is 7.38. The summed E-state index contributed by atoms with van der Waals surface area (Å²) in [7, 11) is 0. The SMILES string of the molecule is CCOc1ccc(C(=O)N2CCC3(CC2)CCN(C(=O)c2c(Br)c(C)nn2CC)C3)cc1. The van der Waals surface area contributed by atoms with Crippen molar-refractivity contribution in [2.24, 2.45) is 5.41 Å². The molecule has 4 rings (SSSR count). The standard InChI is InChI=1S/C24H31BrN4O3/c1-4-29-21(20(25)17(3)26-29)23(31)28-15-12-24(16-28)10-13-27(14-11-24)22(30)18-6-8-19(9-7-18)32-5-2/h6-9H,4-5,10-16H2,1-3H3. The summed E-state index contributed by atoms with van der Waals surface area (Å²) in [4.78, 5) is 30.1. The molecule has 32 heavy (non-hydrogen) atoms. The zero-order chi connectivity index (χ0) is 22.9. The van der Waals surface area contributed by atoms with Gasteiger partial charge in [-0.2, -0.15) is 5.10 Å². The van der Waals surface area contributed by atoms with Gasteiger partial charge in [0.1, 0.15) is 11.4 Å². The number of likely N-dealkylation sites (tertiary alicyclic amines) is 2. The number of carbonyl (C=O) groups is 2. The Balaban J connectivity index is 1.38. The number of nitrogens with zero attached hydrogens (tertiary/aromatic N) is 4. The number of carbonyl (C=O) groups excluding carboxylic acids is 2. The number of aromatic nitrogens is 2. The maximum atomic E-state index is 13.3. The fourth-order valence-electron chi connectivity index (χ4n) is 4.89. The topological polar surface area (TPSA) is 67.7 Å². The first-order valence-electron chi connectivity index (χ1n) is 11.4. The van der Waals surface area contributed by atoms with Gasteiger partial charge in [0.15, 0.2) is 0 Å². The molecule has 3 heterocycles. The number of amides is 2. The summed E-state index contributed by atoms with van der Waals surface area (Å²) in [6.07, 6.45) is 2.83. The maximum absolute atomic E-state index is 13.3. The van der Waals surface area contributed by atoms with Crippen LogP contribution in [0.2, 0.25) is 0 Å². The minimum absolute atomic E-state index is 0.0455. The second kappa shape index (κ2) is 9.25. The second-order valence-electron chi connectivity index (χ2n) is 8.79. The van der Waals surface area contributed by atoms with Gasteiger partial charge in [-0.3, -0.25) is 14.3 Å². The van der Waals surface area contributed by atoms with Gasteiger partial charge >= 0.3 is 0 Å². The van der Waals surface area contributed by atoms with E-state index >= 15 is 0 Å². The number of aryl methyl sites for hydroxylation is 2. The van der Waals surface area contributed by atoms with E-state index in [0.717, 1.165) is 61.4 Å². The van der Waals surface area contributed by atoms with Crippen molar-refractivity contribution in [1.82, 2.24) is 19.6 Å². The van der Waals surface area contributed by atoms with E-state index in [1.807, 2.05) is 54.8 Å². The van der Waals surface area contributed by atoms with Gasteiger partial charge in [0.05, 0.1) is 16.8 Å². The monoisotopic (exact) mass is 502 g/mol. The van der Waals surface area contributed by atoms with Crippen LogP contribution >= 0.6 is 15.9 Å². The van der Waals surface area contributed by atoms with Crippen molar-refractivity contribution in [3.05, 3.63) is 45.7 Å². The lowest BCUT2D eigenvalue weighted by Gasteiger charge is -2.39. The number of benzene rings is 1. The normalized spacial score (nSPS) is 17.8. The van der Waals surface area contributed by atoms with E-state index < -0.39 is 0 Å². The summed E-state index contributed by atoms with van der Waals surface area (Å²) >= 11 is 3.55. The number of ether oxygens (including phenoxy) is 1. The predicted molar refractivity (Wildman–Crippen MR) is 126 cm³/mol. The van der Waals surface area contributed by atoms with Crippen molar-refractivity contribution in [2.75, 3.05) is 32.8 Å². The zero-order valence-electron chi connectivity index (χ0n) is 19.1. The van der Waals surface area contributed by atoms with Crippen molar-refractivity contribution in [3.63, 3.8) is 0 Å². The Morgan fingerprint density at radius 2 is 1.66 bits per heavy atom. The van der Waals surface area contributed by atoms with E-state index in [9.17, 15) is 9.59 Å². The molecule has 0 bridgehead atoms. The molecule has 2 amide bonds. The first kappa shape index (κ1) is 22.8. The highest BCUT2D eigenvalue weighted by atomic mass is 79.9. The van der Waals surface area contributed by atoms with Crippen LogP contribution in [0.1, 0.15) is 59.7 Å². The van der Waals surface area contributed by atoms with Crippen LogP contribution in [0.25, 0.3) is 0 Å². The fraction of sp³-hybridized carbons (Fsp3) is 0.542. The van der Waals surface area contributed by atoms with Gasteiger partial charge in [0, 0.05) is 38.3 Å². The summed E-state index contributed by atoms with van der Waals surface area (Å²) in [5, 5.41) is 4.47. The molecule has 2 aromatic rings. The lowest BCUT2D eigenvalue weighted by Crippen LogP contribution is -2.44. The Hall–Kier alpha value is -2.35. The van der Waals surface area contributed by atoms with Crippen molar-refractivity contribution in [2.45, 2.75) is 46.6 Å². The zero-order valence-corrected chi connectivity index (χ0v) is 20.7. The van der Waals surface area contributed by atoms with Gasteiger partial charge in [-0.1, -0.05) is 0 Å². The molecule has 2 fully saturated rings. The van der Waals surface area contributed by atoms with Crippen LogP contribution in [0, 0.1) is 12.3 Å². The summed E-state index contributed by atoms with van der Waals surface area (Å²) < 4.78 is 8.04. The van der Waals surface area contributed by atoms with Gasteiger partial charge in [-0.15, -0.1) is 0 Å². The molecule has 8 heteroatoms. The van der Waals surface area contributed by atoms with E-state index in [1.54, 1.807) is 4.68 Å². The van der Waals surface area contributed by atoms with Crippen molar-refractivity contribution in [3.8, 4) is 5.75 Å². The minimum Gasteiger partial charge on any atom is -0.494 e. The summed E-state index contributed by atoms with van der Waals surface area (Å²) in [6.45, 7) is 10.1. The molecular formula is C24H31BrN4O3. The van der Waals surface area contributed by atoms with Gasteiger partial charge in [0.2, 0.25) is 0 Å². The molecular weight excluding hydrogens is 472 g/mol. The quantitative estimate of drug-likeness (QED) is 0.615. The maximum Gasteiger partial charge on any atom is 0.273 e. The Kier molecular flexibility index (Phi) is 6.60. The molecule has 0 N–H and O–H groups in total. The van der Waals surface area contributed by atoms with Crippen molar-refractivity contribution >= 4 is 27.7 Å². The molecule has 1 aromatic heterocycles. The number of hydrogen-bond donors (Lipinski definition) is 0. The molecule has 2 aliphatic rings. The van der Waals surface area contributed by atoms with E-state index in [0.29, 0.717) is 24.4 Å². The molecule has 0 atom stereocenters.